The number of hydrogen-bond donors (Lipinski definition) is 1. The van der Waals surface area contributed by atoms with Crippen LogP contribution in [0.25, 0.3) is 0 Å². The molecular weight excluding hydrogens is 419 g/mol. The summed E-state index contributed by atoms with van der Waals surface area (Å²) >= 11 is 17.9. The number of nitrogens with zero attached hydrogens (tertiary/aromatic N) is 1. The van der Waals surface area contributed by atoms with E-state index in [0.717, 1.165) is 5.69 Å². The lowest BCUT2D eigenvalue weighted by atomic mass is 10.2. The number of anilines is 2. The van der Waals surface area contributed by atoms with Crippen LogP contribution in [0, 0.1) is 0 Å². The Morgan fingerprint density at radius 3 is 2.42 bits per heavy atom. The minimum absolute atomic E-state index is 0.223. The van der Waals surface area contributed by atoms with E-state index < -0.39 is 10.0 Å². The summed E-state index contributed by atoms with van der Waals surface area (Å²) in [6.45, 7) is 2.56. The van der Waals surface area contributed by atoms with Crippen LogP contribution in [0.5, 0.6) is 0 Å². The molecule has 0 amide bonds. The third-order valence-electron chi connectivity index (χ3n) is 3.92. The maximum Gasteiger partial charge on any atom is 0.236 e. The molecule has 5 nitrogen and oxygen atoms in total. The van der Waals surface area contributed by atoms with Crippen molar-refractivity contribution in [3.63, 3.8) is 0 Å². The SMILES string of the molecule is O=S(=O)(Cc1ccc(Cl)c(Cl)c1)Nc1cc(Cl)ccc1N1CCOCC1. The predicted molar refractivity (Wildman–Crippen MR) is 107 cm³/mol. The predicted octanol–water partition coefficient (Wildman–Crippen LogP) is 4.43. The second-order valence-electron chi connectivity index (χ2n) is 5.87. The summed E-state index contributed by atoms with van der Waals surface area (Å²) in [4.78, 5) is 2.07. The van der Waals surface area contributed by atoms with Gasteiger partial charge in [-0.25, -0.2) is 8.42 Å². The van der Waals surface area contributed by atoms with E-state index in [4.69, 9.17) is 39.5 Å². The lowest BCUT2D eigenvalue weighted by Crippen LogP contribution is -2.36. The Balaban J connectivity index is 1.84. The summed E-state index contributed by atoms with van der Waals surface area (Å²) in [6.07, 6.45) is 0. The summed E-state index contributed by atoms with van der Waals surface area (Å²) in [7, 11) is -3.66. The molecule has 0 atom stereocenters. The highest BCUT2D eigenvalue weighted by Gasteiger charge is 2.19. The third kappa shape index (κ3) is 4.96. The lowest BCUT2D eigenvalue weighted by molar-refractivity contribution is 0.123. The van der Waals surface area contributed by atoms with Gasteiger partial charge in [0.05, 0.1) is 40.4 Å². The van der Waals surface area contributed by atoms with Gasteiger partial charge in [0.1, 0.15) is 0 Å². The molecule has 2 aromatic carbocycles. The molecule has 2 aromatic rings. The van der Waals surface area contributed by atoms with Gasteiger partial charge in [-0.1, -0.05) is 40.9 Å². The van der Waals surface area contributed by atoms with Gasteiger partial charge in [0.15, 0.2) is 0 Å². The fourth-order valence-electron chi connectivity index (χ4n) is 2.72. The highest BCUT2D eigenvalue weighted by atomic mass is 35.5. The van der Waals surface area contributed by atoms with Gasteiger partial charge < -0.3 is 9.64 Å². The first-order chi connectivity index (χ1) is 12.3. The first-order valence-electron chi connectivity index (χ1n) is 7.91. The highest BCUT2D eigenvalue weighted by molar-refractivity contribution is 7.91. The molecule has 26 heavy (non-hydrogen) atoms. The standard InChI is InChI=1S/C17H17Cl3N2O3S/c18-13-2-4-17(22-5-7-25-8-6-22)16(10-13)21-26(23,24)11-12-1-3-14(19)15(20)9-12/h1-4,9-10,21H,5-8,11H2. The van der Waals surface area contributed by atoms with Crippen LogP contribution in [0.2, 0.25) is 15.1 Å². The van der Waals surface area contributed by atoms with Crippen molar-refractivity contribution < 1.29 is 13.2 Å². The van der Waals surface area contributed by atoms with Crippen LogP contribution in [0.15, 0.2) is 36.4 Å². The van der Waals surface area contributed by atoms with Crippen LogP contribution in [-0.2, 0) is 20.5 Å². The number of rotatable bonds is 5. The van der Waals surface area contributed by atoms with Crippen molar-refractivity contribution in [3.8, 4) is 0 Å². The Hall–Kier alpha value is -1.18. The molecule has 0 spiro atoms. The van der Waals surface area contributed by atoms with Gasteiger partial charge in [-0.05, 0) is 35.9 Å². The number of benzene rings is 2. The molecule has 0 bridgehead atoms. The van der Waals surface area contributed by atoms with Gasteiger partial charge >= 0.3 is 0 Å². The van der Waals surface area contributed by atoms with Crippen LogP contribution in [-0.4, -0.2) is 34.7 Å². The summed E-state index contributed by atoms with van der Waals surface area (Å²) < 4.78 is 33.3. The van der Waals surface area contributed by atoms with Crippen LogP contribution >= 0.6 is 34.8 Å². The monoisotopic (exact) mass is 434 g/mol. The smallest absolute Gasteiger partial charge is 0.236 e. The molecule has 140 valence electrons. The van der Waals surface area contributed by atoms with E-state index in [2.05, 4.69) is 9.62 Å². The molecule has 1 aliphatic rings. The average Bonchev–Trinajstić information content (AvgIpc) is 2.58. The number of ether oxygens (including phenoxy) is 1. The number of sulfonamides is 1. The lowest BCUT2D eigenvalue weighted by Gasteiger charge is -2.30. The Morgan fingerprint density at radius 1 is 1.00 bits per heavy atom. The number of morpholine rings is 1. The summed E-state index contributed by atoms with van der Waals surface area (Å²) in [6, 6.07) is 9.91. The molecule has 3 rings (SSSR count). The zero-order valence-electron chi connectivity index (χ0n) is 13.7. The Bertz CT molecular complexity index is 900. The van der Waals surface area contributed by atoms with E-state index in [-0.39, 0.29) is 5.75 Å². The molecule has 1 fully saturated rings. The van der Waals surface area contributed by atoms with Gasteiger partial charge in [-0.3, -0.25) is 4.72 Å². The second kappa shape index (κ2) is 8.23. The van der Waals surface area contributed by atoms with E-state index in [1.165, 1.54) is 0 Å². The van der Waals surface area contributed by atoms with E-state index >= 15 is 0 Å². The van der Waals surface area contributed by atoms with Gasteiger partial charge in [-0.2, -0.15) is 0 Å². The minimum atomic E-state index is -3.66. The topological polar surface area (TPSA) is 58.6 Å². The van der Waals surface area contributed by atoms with Crippen LogP contribution in [0.4, 0.5) is 11.4 Å². The Kier molecular flexibility index (Phi) is 6.20. The van der Waals surface area contributed by atoms with Crippen molar-refractivity contribution >= 4 is 56.2 Å². The zero-order chi connectivity index (χ0) is 18.7. The van der Waals surface area contributed by atoms with E-state index in [1.807, 2.05) is 6.07 Å². The molecular formula is C17H17Cl3N2O3S. The molecule has 1 heterocycles. The first-order valence-corrected chi connectivity index (χ1v) is 10.7. The molecule has 0 aliphatic carbocycles. The maximum absolute atomic E-state index is 12.6. The zero-order valence-corrected chi connectivity index (χ0v) is 16.8. The number of hydrogen-bond acceptors (Lipinski definition) is 4. The van der Waals surface area contributed by atoms with Crippen molar-refractivity contribution in [1.29, 1.82) is 0 Å². The molecule has 9 heteroatoms. The first kappa shape index (κ1) is 19.6. The van der Waals surface area contributed by atoms with Crippen molar-refractivity contribution in [2.24, 2.45) is 0 Å². The summed E-state index contributed by atoms with van der Waals surface area (Å²) in [5, 5.41) is 1.15. The summed E-state index contributed by atoms with van der Waals surface area (Å²) in [5.41, 5.74) is 1.76. The average molecular weight is 436 g/mol. The van der Waals surface area contributed by atoms with Crippen LogP contribution < -0.4 is 9.62 Å². The second-order valence-corrected chi connectivity index (χ2v) is 8.84. The molecule has 1 saturated heterocycles. The van der Waals surface area contributed by atoms with Gasteiger partial charge in [0.2, 0.25) is 10.0 Å². The van der Waals surface area contributed by atoms with E-state index in [1.54, 1.807) is 30.3 Å². The molecule has 0 unspecified atom stereocenters. The molecule has 0 radical (unpaired) electrons. The van der Waals surface area contributed by atoms with E-state index in [0.29, 0.717) is 52.6 Å². The van der Waals surface area contributed by atoms with Crippen LogP contribution in [0.1, 0.15) is 5.56 Å². The number of nitrogens with one attached hydrogen (secondary N) is 1. The van der Waals surface area contributed by atoms with Gasteiger partial charge in [0, 0.05) is 18.1 Å². The van der Waals surface area contributed by atoms with E-state index in [9.17, 15) is 8.42 Å². The Morgan fingerprint density at radius 2 is 1.73 bits per heavy atom. The minimum Gasteiger partial charge on any atom is -0.378 e. The van der Waals surface area contributed by atoms with Crippen molar-refractivity contribution in [3.05, 3.63) is 57.0 Å². The van der Waals surface area contributed by atoms with Crippen LogP contribution in [0.3, 0.4) is 0 Å². The molecule has 0 saturated carbocycles. The number of halogens is 3. The largest absolute Gasteiger partial charge is 0.378 e. The van der Waals surface area contributed by atoms with Gasteiger partial charge in [0.25, 0.3) is 0 Å². The maximum atomic E-state index is 12.6. The quantitative estimate of drug-likeness (QED) is 0.755. The third-order valence-corrected chi connectivity index (χ3v) is 6.13. The summed E-state index contributed by atoms with van der Waals surface area (Å²) in [5.74, 6) is -0.223. The van der Waals surface area contributed by atoms with Crippen molar-refractivity contribution in [2.45, 2.75) is 5.75 Å². The van der Waals surface area contributed by atoms with Crippen molar-refractivity contribution in [1.82, 2.24) is 0 Å². The molecule has 1 N–H and O–H groups in total. The van der Waals surface area contributed by atoms with Crippen molar-refractivity contribution in [2.75, 3.05) is 35.9 Å². The molecule has 1 aliphatic heterocycles. The normalized spacial score (nSPS) is 15.1. The fourth-order valence-corrected chi connectivity index (χ4v) is 4.40. The molecule has 0 aromatic heterocycles. The Labute approximate surface area is 167 Å². The van der Waals surface area contributed by atoms with Gasteiger partial charge in [-0.15, -0.1) is 0 Å². The fraction of sp³-hybridized carbons (Fsp3) is 0.294. The highest BCUT2D eigenvalue weighted by Crippen LogP contribution is 2.31.